The van der Waals surface area contributed by atoms with E-state index >= 15 is 0 Å². The van der Waals surface area contributed by atoms with Crippen LogP contribution >= 0.6 is 35.6 Å². The summed E-state index contributed by atoms with van der Waals surface area (Å²) in [5.74, 6) is 0.274. The Kier molecular flexibility index (Phi) is 5.48. The van der Waals surface area contributed by atoms with Crippen molar-refractivity contribution < 1.29 is 4.79 Å². The number of nitrogens with one attached hydrogen (secondary N) is 1. The van der Waals surface area contributed by atoms with Gasteiger partial charge in [-0.2, -0.15) is 0 Å². The smallest absolute Gasteiger partial charge is 0.234 e. The second-order valence-electron chi connectivity index (χ2n) is 4.31. The van der Waals surface area contributed by atoms with Gasteiger partial charge in [-0.1, -0.05) is 41.6 Å². The van der Waals surface area contributed by atoms with Crippen LogP contribution in [-0.2, 0) is 4.79 Å². The Bertz CT molecular complexity index is 475. The maximum atomic E-state index is 11.8. The lowest BCUT2D eigenvalue weighted by molar-refractivity contribution is -0.113. The number of hydrogen-bond donors (Lipinski definition) is 1. The summed E-state index contributed by atoms with van der Waals surface area (Å²) in [5.41, 5.74) is 0.713. The fourth-order valence-electron chi connectivity index (χ4n) is 1.88. The van der Waals surface area contributed by atoms with Crippen molar-refractivity contribution in [3.05, 3.63) is 29.3 Å². The molecule has 0 aliphatic carbocycles. The Morgan fingerprint density at radius 3 is 2.84 bits per heavy atom. The van der Waals surface area contributed by atoms with E-state index in [1.165, 1.54) is 24.6 Å². The van der Waals surface area contributed by atoms with Gasteiger partial charge in [0.15, 0.2) is 0 Å². The molecule has 6 heteroatoms. The Morgan fingerprint density at radius 2 is 2.16 bits per heavy atom. The molecule has 0 spiro atoms. The largest absolute Gasteiger partial charge is 0.358 e. The van der Waals surface area contributed by atoms with Crippen LogP contribution in [0.25, 0.3) is 0 Å². The number of likely N-dealkylation sites (tertiary alicyclic amines) is 1. The molecule has 0 aromatic heterocycles. The van der Waals surface area contributed by atoms with Crippen LogP contribution in [0.4, 0.5) is 5.69 Å². The molecule has 3 nitrogen and oxygen atoms in total. The number of hydrogen-bond acceptors (Lipinski definition) is 3. The predicted octanol–water partition coefficient (Wildman–Crippen LogP) is 3.39. The third kappa shape index (κ3) is 4.67. The summed E-state index contributed by atoms with van der Waals surface area (Å²) in [7, 11) is 0. The highest BCUT2D eigenvalue weighted by Gasteiger charge is 2.16. The van der Waals surface area contributed by atoms with Crippen LogP contribution < -0.4 is 5.32 Å². The maximum Gasteiger partial charge on any atom is 0.234 e. The second-order valence-corrected chi connectivity index (χ2v) is 6.35. The molecule has 2 rings (SSSR count). The normalized spacial score (nSPS) is 14.5. The molecule has 1 aliphatic heterocycles. The molecule has 1 N–H and O–H groups in total. The van der Waals surface area contributed by atoms with Crippen LogP contribution in [0, 0.1) is 0 Å². The van der Waals surface area contributed by atoms with Crippen LogP contribution in [0.3, 0.4) is 0 Å². The molecule has 102 valence electrons. The van der Waals surface area contributed by atoms with Gasteiger partial charge in [-0.15, -0.1) is 0 Å². The van der Waals surface area contributed by atoms with E-state index in [4.69, 9.17) is 23.8 Å². The lowest BCUT2D eigenvalue weighted by Crippen LogP contribution is -2.25. The fourth-order valence-corrected chi connectivity index (χ4v) is 3.12. The van der Waals surface area contributed by atoms with Crippen molar-refractivity contribution in [2.45, 2.75) is 12.8 Å². The molecule has 1 aromatic carbocycles. The number of anilines is 1. The summed E-state index contributed by atoms with van der Waals surface area (Å²) in [4.78, 5) is 13.9. The van der Waals surface area contributed by atoms with Gasteiger partial charge in [0.2, 0.25) is 5.91 Å². The lowest BCUT2D eigenvalue weighted by Gasteiger charge is -2.17. The van der Waals surface area contributed by atoms with E-state index in [1.54, 1.807) is 18.2 Å². The minimum absolute atomic E-state index is 0.0613. The van der Waals surface area contributed by atoms with Gasteiger partial charge in [0.25, 0.3) is 0 Å². The van der Waals surface area contributed by atoms with Crippen LogP contribution in [0.1, 0.15) is 12.8 Å². The first-order valence-corrected chi connectivity index (χ1v) is 7.89. The van der Waals surface area contributed by atoms with Crippen LogP contribution in [0.5, 0.6) is 0 Å². The molecular weight excluding hydrogens is 300 g/mol. The van der Waals surface area contributed by atoms with Crippen molar-refractivity contribution >= 4 is 51.5 Å². The van der Waals surface area contributed by atoms with E-state index < -0.39 is 0 Å². The summed E-state index contributed by atoms with van der Waals surface area (Å²) < 4.78 is 0.818. The zero-order chi connectivity index (χ0) is 13.7. The first kappa shape index (κ1) is 14.6. The van der Waals surface area contributed by atoms with Gasteiger partial charge in [-0.25, -0.2) is 0 Å². The summed E-state index contributed by atoms with van der Waals surface area (Å²) in [6, 6.07) is 7.12. The number of thiocarbonyl (C=S) groups is 1. The van der Waals surface area contributed by atoms with E-state index in [0.717, 1.165) is 17.4 Å². The van der Waals surface area contributed by atoms with Crippen molar-refractivity contribution in [1.82, 2.24) is 4.90 Å². The Labute approximate surface area is 127 Å². The highest BCUT2D eigenvalue weighted by Crippen LogP contribution is 2.18. The molecule has 1 heterocycles. The van der Waals surface area contributed by atoms with Gasteiger partial charge in [-0.3, -0.25) is 4.79 Å². The minimum Gasteiger partial charge on any atom is -0.358 e. The van der Waals surface area contributed by atoms with Crippen molar-refractivity contribution in [3.8, 4) is 0 Å². The van der Waals surface area contributed by atoms with Gasteiger partial charge < -0.3 is 10.2 Å². The molecule has 0 radical (unpaired) electrons. The first-order chi connectivity index (χ1) is 9.15. The van der Waals surface area contributed by atoms with Gasteiger partial charge in [-0.05, 0) is 31.0 Å². The number of carbonyl (C=O) groups excluding carboxylic acids is 1. The van der Waals surface area contributed by atoms with Gasteiger partial charge in [0.1, 0.15) is 4.32 Å². The third-order valence-electron chi connectivity index (χ3n) is 2.80. The van der Waals surface area contributed by atoms with E-state index in [-0.39, 0.29) is 5.91 Å². The molecule has 0 atom stereocenters. The predicted molar refractivity (Wildman–Crippen MR) is 85.9 cm³/mol. The lowest BCUT2D eigenvalue weighted by atomic mass is 10.3. The topological polar surface area (TPSA) is 32.3 Å². The molecule has 1 fully saturated rings. The molecule has 1 aliphatic rings. The molecule has 0 unspecified atom stereocenters. The van der Waals surface area contributed by atoms with E-state index in [1.807, 2.05) is 6.07 Å². The second kappa shape index (κ2) is 7.12. The number of nitrogens with zero attached hydrogens (tertiary/aromatic N) is 1. The molecule has 0 bridgehead atoms. The molecule has 19 heavy (non-hydrogen) atoms. The Hall–Kier alpha value is -0.780. The van der Waals surface area contributed by atoms with Crippen molar-refractivity contribution in [2.24, 2.45) is 0 Å². The monoisotopic (exact) mass is 314 g/mol. The van der Waals surface area contributed by atoms with E-state index in [2.05, 4.69) is 10.2 Å². The molecule has 0 saturated carbocycles. The highest BCUT2D eigenvalue weighted by atomic mass is 35.5. The van der Waals surface area contributed by atoms with Crippen molar-refractivity contribution in [3.63, 3.8) is 0 Å². The van der Waals surface area contributed by atoms with Crippen LogP contribution in [-0.4, -0.2) is 34.0 Å². The van der Waals surface area contributed by atoms with Crippen molar-refractivity contribution in [2.75, 3.05) is 24.2 Å². The zero-order valence-electron chi connectivity index (χ0n) is 10.4. The number of rotatable bonds is 3. The quantitative estimate of drug-likeness (QED) is 0.867. The number of halogens is 1. The summed E-state index contributed by atoms with van der Waals surface area (Å²) in [5, 5.41) is 3.42. The third-order valence-corrected chi connectivity index (χ3v) is 4.56. The SMILES string of the molecule is O=C(CSC(=S)N1CCCC1)Nc1cccc(Cl)c1. The molecular formula is C13H15ClN2OS2. The van der Waals surface area contributed by atoms with Crippen LogP contribution in [0.15, 0.2) is 24.3 Å². The zero-order valence-corrected chi connectivity index (χ0v) is 12.8. The standard InChI is InChI=1S/C13H15ClN2OS2/c14-10-4-3-5-11(8-10)15-12(17)9-19-13(18)16-6-1-2-7-16/h3-5,8H,1-2,6-7,9H2,(H,15,17). The average molecular weight is 315 g/mol. The number of amides is 1. The van der Waals surface area contributed by atoms with Crippen LogP contribution in [0.2, 0.25) is 5.02 Å². The fraction of sp³-hybridized carbons (Fsp3) is 0.385. The van der Waals surface area contributed by atoms with E-state index in [9.17, 15) is 4.79 Å². The van der Waals surface area contributed by atoms with Gasteiger partial charge in [0.05, 0.1) is 5.75 Å². The number of carbonyl (C=O) groups is 1. The molecule has 1 saturated heterocycles. The van der Waals surface area contributed by atoms with E-state index in [0.29, 0.717) is 16.5 Å². The van der Waals surface area contributed by atoms with Gasteiger partial charge in [0, 0.05) is 23.8 Å². The van der Waals surface area contributed by atoms with Gasteiger partial charge >= 0.3 is 0 Å². The number of benzene rings is 1. The maximum absolute atomic E-state index is 11.8. The number of thioether (sulfide) groups is 1. The Morgan fingerprint density at radius 1 is 1.42 bits per heavy atom. The summed E-state index contributed by atoms with van der Waals surface area (Å²) in [6.45, 7) is 2.03. The Balaban J connectivity index is 1.76. The first-order valence-electron chi connectivity index (χ1n) is 6.12. The van der Waals surface area contributed by atoms with Crippen molar-refractivity contribution in [1.29, 1.82) is 0 Å². The average Bonchev–Trinajstić information content (AvgIpc) is 2.90. The minimum atomic E-state index is -0.0613. The summed E-state index contributed by atoms with van der Waals surface area (Å²) >= 11 is 12.6. The molecule has 1 amide bonds. The summed E-state index contributed by atoms with van der Waals surface area (Å²) in [6.07, 6.45) is 2.38. The molecule has 1 aromatic rings. The highest BCUT2D eigenvalue weighted by molar-refractivity contribution is 8.23.